The van der Waals surface area contributed by atoms with Crippen LogP contribution in [0.4, 0.5) is 0 Å². The molecule has 0 aliphatic carbocycles. The molecule has 1 aromatic heterocycles. The summed E-state index contributed by atoms with van der Waals surface area (Å²) < 4.78 is 0. The fourth-order valence-electron chi connectivity index (χ4n) is 1.78. The van der Waals surface area contributed by atoms with E-state index in [1.165, 1.54) is 24.8 Å². The van der Waals surface area contributed by atoms with Crippen molar-refractivity contribution in [1.29, 1.82) is 0 Å². The molecule has 0 radical (unpaired) electrons. The van der Waals surface area contributed by atoms with Crippen LogP contribution in [0.5, 0.6) is 0 Å². The van der Waals surface area contributed by atoms with E-state index < -0.39 is 0 Å². The van der Waals surface area contributed by atoms with E-state index in [9.17, 15) is 0 Å². The molecule has 1 aliphatic heterocycles. The SMILES string of the molecule is C(=C1\CCCNCC1)/c1cccnc1. The fourth-order valence-corrected chi connectivity index (χ4v) is 1.78. The first-order chi connectivity index (χ1) is 6.95. The van der Waals surface area contributed by atoms with E-state index in [1.54, 1.807) is 5.57 Å². The van der Waals surface area contributed by atoms with Crippen molar-refractivity contribution in [2.75, 3.05) is 13.1 Å². The van der Waals surface area contributed by atoms with Crippen molar-refractivity contribution in [3.05, 3.63) is 35.7 Å². The second kappa shape index (κ2) is 4.91. The molecule has 1 fully saturated rings. The maximum atomic E-state index is 4.11. The maximum Gasteiger partial charge on any atom is 0.0340 e. The molecule has 2 nitrogen and oxygen atoms in total. The molecular weight excluding hydrogens is 172 g/mol. The van der Waals surface area contributed by atoms with Gasteiger partial charge in [-0.2, -0.15) is 0 Å². The van der Waals surface area contributed by atoms with Crippen molar-refractivity contribution in [3.8, 4) is 0 Å². The third-order valence-electron chi connectivity index (χ3n) is 2.53. The molecule has 0 spiro atoms. The van der Waals surface area contributed by atoms with E-state index in [2.05, 4.69) is 22.4 Å². The summed E-state index contributed by atoms with van der Waals surface area (Å²) >= 11 is 0. The predicted molar refractivity (Wildman–Crippen MR) is 58.9 cm³/mol. The Labute approximate surface area is 85.1 Å². The lowest BCUT2D eigenvalue weighted by atomic mass is 10.1. The molecule has 1 aliphatic rings. The molecule has 0 unspecified atom stereocenters. The smallest absolute Gasteiger partial charge is 0.0340 e. The zero-order chi connectivity index (χ0) is 9.64. The molecule has 14 heavy (non-hydrogen) atoms. The monoisotopic (exact) mass is 188 g/mol. The summed E-state index contributed by atoms with van der Waals surface area (Å²) in [6.07, 6.45) is 9.67. The first-order valence-electron chi connectivity index (χ1n) is 5.25. The highest BCUT2D eigenvalue weighted by molar-refractivity contribution is 5.51. The van der Waals surface area contributed by atoms with Crippen molar-refractivity contribution in [2.24, 2.45) is 0 Å². The van der Waals surface area contributed by atoms with E-state index >= 15 is 0 Å². The van der Waals surface area contributed by atoms with Gasteiger partial charge in [0.1, 0.15) is 0 Å². The summed E-state index contributed by atoms with van der Waals surface area (Å²) in [5.41, 5.74) is 2.77. The normalized spacial score (nSPS) is 20.7. The zero-order valence-electron chi connectivity index (χ0n) is 8.37. The van der Waals surface area contributed by atoms with E-state index in [0.717, 1.165) is 13.1 Å². The summed E-state index contributed by atoms with van der Waals surface area (Å²) in [7, 11) is 0. The van der Waals surface area contributed by atoms with Gasteiger partial charge < -0.3 is 5.32 Å². The van der Waals surface area contributed by atoms with Crippen molar-refractivity contribution < 1.29 is 0 Å². The Bertz CT molecular complexity index is 293. The van der Waals surface area contributed by atoms with Crippen LogP contribution >= 0.6 is 0 Å². The molecule has 1 aromatic rings. The van der Waals surface area contributed by atoms with Crippen LogP contribution in [-0.4, -0.2) is 18.1 Å². The minimum atomic E-state index is 1.12. The number of hydrogen-bond donors (Lipinski definition) is 1. The second-order valence-electron chi connectivity index (χ2n) is 3.69. The lowest BCUT2D eigenvalue weighted by molar-refractivity contribution is 0.703. The number of rotatable bonds is 1. The first kappa shape index (κ1) is 9.41. The summed E-state index contributed by atoms with van der Waals surface area (Å²) in [4.78, 5) is 4.11. The number of pyridine rings is 1. The Kier molecular flexibility index (Phi) is 3.30. The second-order valence-corrected chi connectivity index (χ2v) is 3.69. The van der Waals surface area contributed by atoms with Gasteiger partial charge >= 0.3 is 0 Å². The van der Waals surface area contributed by atoms with Crippen LogP contribution in [-0.2, 0) is 0 Å². The van der Waals surface area contributed by atoms with Gasteiger partial charge in [0, 0.05) is 12.4 Å². The van der Waals surface area contributed by atoms with Crippen LogP contribution in [0.2, 0.25) is 0 Å². The van der Waals surface area contributed by atoms with Crippen molar-refractivity contribution in [1.82, 2.24) is 10.3 Å². The van der Waals surface area contributed by atoms with Crippen LogP contribution < -0.4 is 5.32 Å². The number of aromatic nitrogens is 1. The average molecular weight is 188 g/mol. The molecule has 74 valence electrons. The van der Waals surface area contributed by atoms with Crippen LogP contribution in [0.1, 0.15) is 24.8 Å². The van der Waals surface area contributed by atoms with Gasteiger partial charge in [0.2, 0.25) is 0 Å². The first-order valence-corrected chi connectivity index (χ1v) is 5.25. The van der Waals surface area contributed by atoms with Gasteiger partial charge in [-0.1, -0.05) is 17.7 Å². The van der Waals surface area contributed by atoms with E-state index in [-0.39, 0.29) is 0 Å². The van der Waals surface area contributed by atoms with Crippen LogP contribution in [0.25, 0.3) is 6.08 Å². The van der Waals surface area contributed by atoms with E-state index in [0.29, 0.717) is 0 Å². The Morgan fingerprint density at radius 1 is 1.29 bits per heavy atom. The topological polar surface area (TPSA) is 24.9 Å². The molecule has 2 heterocycles. The van der Waals surface area contributed by atoms with Gasteiger partial charge in [0.05, 0.1) is 0 Å². The van der Waals surface area contributed by atoms with E-state index in [4.69, 9.17) is 0 Å². The largest absolute Gasteiger partial charge is 0.316 e. The molecule has 0 bridgehead atoms. The molecule has 1 saturated heterocycles. The van der Waals surface area contributed by atoms with Gasteiger partial charge in [-0.15, -0.1) is 0 Å². The van der Waals surface area contributed by atoms with Gasteiger partial charge in [0.15, 0.2) is 0 Å². The minimum absolute atomic E-state index is 1.12. The molecule has 1 N–H and O–H groups in total. The molecule has 0 atom stereocenters. The molecular formula is C12H16N2. The number of hydrogen-bond acceptors (Lipinski definition) is 2. The Balaban J connectivity index is 2.09. The predicted octanol–water partition coefficient (Wildman–Crippen LogP) is 2.24. The van der Waals surface area contributed by atoms with Crippen molar-refractivity contribution >= 4 is 6.08 Å². The summed E-state index contributed by atoms with van der Waals surface area (Å²) in [6, 6.07) is 4.10. The van der Waals surface area contributed by atoms with Gasteiger partial charge in [-0.3, -0.25) is 4.98 Å². The van der Waals surface area contributed by atoms with Crippen LogP contribution in [0.15, 0.2) is 30.1 Å². The third-order valence-corrected chi connectivity index (χ3v) is 2.53. The summed E-state index contributed by atoms with van der Waals surface area (Å²) in [5.74, 6) is 0. The molecule has 0 amide bonds. The lowest BCUT2D eigenvalue weighted by Gasteiger charge is -2.01. The Morgan fingerprint density at radius 2 is 2.29 bits per heavy atom. The molecule has 0 saturated carbocycles. The quantitative estimate of drug-likeness (QED) is 0.731. The van der Waals surface area contributed by atoms with E-state index in [1.807, 2.05) is 18.5 Å². The highest BCUT2D eigenvalue weighted by Gasteiger charge is 2.02. The number of nitrogens with zero attached hydrogens (tertiary/aromatic N) is 1. The minimum Gasteiger partial charge on any atom is -0.316 e. The van der Waals surface area contributed by atoms with Crippen molar-refractivity contribution in [3.63, 3.8) is 0 Å². The van der Waals surface area contributed by atoms with Crippen LogP contribution in [0.3, 0.4) is 0 Å². The highest BCUT2D eigenvalue weighted by atomic mass is 14.8. The maximum absolute atomic E-state index is 4.11. The van der Waals surface area contributed by atoms with Gasteiger partial charge in [0.25, 0.3) is 0 Å². The molecule has 0 aromatic carbocycles. The summed E-state index contributed by atoms with van der Waals surface area (Å²) in [6.45, 7) is 2.27. The van der Waals surface area contributed by atoms with Gasteiger partial charge in [-0.05, 0) is 44.0 Å². The van der Waals surface area contributed by atoms with Crippen LogP contribution in [0, 0.1) is 0 Å². The summed E-state index contributed by atoms with van der Waals surface area (Å²) in [5, 5.41) is 3.41. The third kappa shape index (κ3) is 2.67. The average Bonchev–Trinajstić information content (AvgIpc) is 2.48. The zero-order valence-corrected chi connectivity index (χ0v) is 8.37. The Morgan fingerprint density at radius 3 is 3.14 bits per heavy atom. The van der Waals surface area contributed by atoms with Gasteiger partial charge in [-0.25, -0.2) is 0 Å². The molecule has 2 rings (SSSR count). The fraction of sp³-hybridized carbons (Fsp3) is 0.417. The van der Waals surface area contributed by atoms with Crippen molar-refractivity contribution in [2.45, 2.75) is 19.3 Å². The lowest BCUT2D eigenvalue weighted by Crippen LogP contribution is -2.13. The standard InChI is InChI=1S/C12H16N2/c1-3-11(5-8-13-6-1)9-12-4-2-7-14-10-12/h2,4,7,9-10,13H,1,3,5-6,8H2/b11-9-. The molecule has 2 heteroatoms. The Hall–Kier alpha value is -1.15. The number of nitrogens with one attached hydrogen (secondary N) is 1. The highest BCUT2D eigenvalue weighted by Crippen LogP contribution is 2.15.